The smallest absolute Gasteiger partial charge is 0.256 e. The zero-order valence-corrected chi connectivity index (χ0v) is 17.5. The Balaban J connectivity index is 1.85. The van der Waals surface area contributed by atoms with Crippen LogP contribution in [0.15, 0.2) is 36.4 Å². The topological polar surface area (TPSA) is 124 Å². The van der Waals surface area contributed by atoms with Crippen molar-refractivity contribution < 1.29 is 19.0 Å². The van der Waals surface area contributed by atoms with Gasteiger partial charge in [0, 0.05) is 28.9 Å². The van der Waals surface area contributed by atoms with E-state index in [9.17, 15) is 4.79 Å². The molecule has 0 spiro atoms. The highest BCUT2D eigenvalue weighted by molar-refractivity contribution is 6.30. The zero-order chi connectivity index (χ0) is 21.7. The molecule has 0 radical (unpaired) electrons. The van der Waals surface area contributed by atoms with Crippen LogP contribution in [0.4, 0.5) is 17.3 Å². The summed E-state index contributed by atoms with van der Waals surface area (Å²) in [5.74, 6) is 1.69. The van der Waals surface area contributed by atoms with Crippen molar-refractivity contribution in [1.82, 2.24) is 10.2 Å². The Labute approximate surface area is 178 Å². The molecule has 0 bridgehead atoms. The molecule has 30 heavy (non-hydrogen) atoms. The van der Waals surface area contributed by atoms with E-state index >= 15 is 0 Å². The van der Waals surface area contributed by atoms with Gasteiger partial charge in [-0.1, -0.05) is 17.7 Å². The maximum atomic E-state index is 12.1. The highest BCUT2D eigenvalue weighted by Gasteiger charge is 2.20. The molecule has 2 aromatic carbocycles. The van der Waals surface area contributed by atoms with Crippen LogP contribution in [0.2, 0.25) is 5.02 Å². The van der Waals surface area contributed by atoms with Crippen molar-refractivity contribution in [3.05, 3.63) is 52.5 Å². The fourth-order valence-corrected chi connectivity index (χ4v) is 3.11. The van der Waals surface area contributed by atoms with Crippen molar-refractivity contribution >= 4 is 34.8 Å². The van der Waals surface area contributed by atoms with E-state index in [0.29, 0.717) is 46.1 Å². The minimum absolute atomic E-state index is 0.189. The first-order valence-corrected chi connectivity index (χ1v) is 9.28. The molecule has 1 aromatic heterocycles. The monoisotopic (exact) mass is 431 g/mol. The second-order valence-electron chi connectivity index (χ2n) is 6.19. The summed E-state index contributed by atoms with van der Waals surface area (Å²) in [6.07, 6.45) is 0. The van der Waals surface area contributed by atoms with E-state index in [1.54, 1.807) is 57.7 Å². The Morgan fingerprint density at radius 2 is 1.80 bits per heavy atom. The predicted octanol–water partition coefficient (Wildman–Crippen LogP) is 3.54. The van der Waals surface area contributed by atoms with Gasteiger partial charge in [-0.05, 0) is 24.3 Å². The third kappa shape index (κ3) is 4.52. The second-order valence-corrected chi connectivity index (χ2v) is 6.63. The molecular weight excluding hydrogens is 410 g/mol. The third-order valence-electron chi connectivity index (χ3n) is 4.34. The lowest BCUT2D eigenvalue weighted by atomic mass is 10.1. The van der Waals surface area contributed by atoms with Gasteiger partial charge in [0.05, 0.1) is 21.3 Å². The van der Waals surface area contributed by atoms with Crippen LogP contribution < -0.4 is 30.6 Å². The van der Waals surface area contributed by atoms with E-state index in [1.165, 1.54) is 0 Å². The number of H-pyrrole nitrogens is 1. The molecule has 0 unspecified atom stereocenters. The fourth-order valence-electron chi connectivity index (χ4n) is 2.92. The van der Waals surface area contributed by atoms with E-state index in [1.807, 2.05) is 0 Å². The number of carbonyl (C=O) groups is 1. The molecule has 3 aromatic rings. The van der Waals surface area contributed by atoms with Gasteiger partial charge in [0.15, 0.2) is 17.3 Å². The molecule has 158 valence electrons. The van der Waals surface area contributed by atoms with Crippen molar-refractivity contribution in [3.63, 3.8) is 0 Å². The van der Waals surface area contributed by atoms with Gasteiger partial charge < -0.3 is 30.6 Å². The third-order valence-corrected chi connectivity index (χ3v) is 4.57. The van der Waals surface area contributed by atoms with Crippen molar-refractivity contribution in [2.24, 2.45) is 5.73 Å². The SMILES string of the molecule is COc1cc(OC)c(OC)cc1CNc1n[nH]c(Nc2cccc(Cl)c2)c1C(N)=O. The summed E-state index contributed by atoms with van der Waals surface area (Å²) in [5, 5.41) is 13.7. The number of rotatable bonds is 9. The van der Waals surface area contributed by atoms with Crippen LogP contribution in [0.3, 0.4) is 0 Å². The molecule has 0 aliphatic heterocycles. The van der Waals surface area contributed by atoms with Crippen LogP contribution >= 0.6 is 11.6 Å². The van der Waals surface area contributed by atoms with Gasteiger partial charge >= 0.3 is 0 Å². The van der Waals surface area contributed by atoms with E-state index in [2.05, 4.69) is 20.8 Å². The zero-order valence-electron chi connectivity index (χ0n) is 16.7. The average molecular weight is 432 g/mol. The van der Waals surface area contributed by atoms with Crippen molar-refractivity contribution in [2.45, 2.75) is 6.54 Å². The Hall–Kier alpha value is -3.59. The van der Waals surface area contributed by atoms with Gasteiger partial charge in [-0.3, -0.25) is 9.89 Å². The molecule has 0 aliphatic carbocycles. The Bertz CT molecular complexity index is 1050. The number of amides is 1. The highest BCUT2D eigenvalue weighted by Crippen LogP contribution is 2.35. The van der Waals surface area contributed by atoms with Gasteiger partial charge in [0.2, 0.25) is 0 Å². The maximum absolute atomic E-state index is 12.1. The van der Waals surface area contributed by atoms with Crippen LogP contribution in [0.1, 0.15) is 15.9 Å². The van der Waals surface area contributed by atoms with Crippen molar-refractivity contribution in [2.75, 3.05) is 32.0 Å². The number of methoxy groups -OCH3 is 3. The van der Waals surface area contributed by atoms with Crippen LogP contribution in [-0.4, -0.2) is 37.4 Å². The molecule has 1 heterocycles. The standard InChI is InChI=1S/C20H22ClN5O4/c1-28-14-9-16(30-3)15(29-2)7-11(14)10-23-19-17(18(22)27)20(26-25-19)24-13-6-4-5-12(21)8-13/h4-9H,10H2,1-3H3,(H2,22,27)(H3,23,24,25,26). The summed E-state index contributed by atoms with van der Waals surface area (Å²) in [4.78, 5) is 12.1. The number of nitrogens with zero attached hydrogens (tertiary/aromatic N) is 1. The van der Waals surface area contributed by atoms with Gasteiger partial charge in [-0.15, -0.1) is 0 Å². The molecule has 9 nitrogen and oxygen atoms in total. The lowest BCUT2D eigenvalue weighted by Gasteiger charge is -2.14. The second kappa shape index (κ2) is 9.27. The summed E-state index contributed by atoms with van der Waals surface area (Å²) < 4.78 is 16.1. The van der Waals surface area contributed by atoms with Crippen LogP contribution in [0, 0.1) is 0 Å². The largest absolute Gasteiger partial charge is 0.496 e. The predicted molar refractivity (Wildman–Crippen MR) is 115 cm³/mol. The number of halogens is 1. The molecule has 3 rings (SSSR count). The first-order chi connectivity index (χ1) is 14.5. The number of ether oxygens (including phenoxy) is 3. The number of aromatic nitrogens is 2. The Kier molecular flexibility index (Phi) is 6.53. The Morgan fingerprint density at radius 1 is 1.10 bits per heavy atom. The number of benzene rings is 2. The summed E-state index contributed by atoms with van der Waals surface area (Å²) in [7, 11) is 4.65. The number of carbonyl (C=O) groups excluding carboxylic acids is 1. The van der Waals surface area contributed by atoms with Gasteiger partial charge in [-0.2, -0.15) is 5.10 Å². The lowest BCUT2D eigenvalue weighted by molar-refractivity contribution is 0.100. The number of hydrogen-bond donors (Lipinski definition) is 4. The summed E-state index contributed by atoms with van der Waals surface area (Å²) in [5.41, 5.74) is 7.23. The van der Waals surface area contributed by atoms with Crippen molar-refractivity contribution in [3.8, 4) is 17.2 Å². The minimum atomic E-state index is -0.643. The number of nitrogens with two attached hydrogens (primary N) is 1. The lowest BCUT2D eigenvalue weighted by Crippen LogP contribution is -2.15. The molecular formula is C20H22ClN5O4. The highest BCUT2D eigenvalue weighted by atomic mass is 35.5. The summed E-state index contributed by atoms with van der Waals surface area (Å²) in [6, 6.07) is 10.6. The molecule has 1 amide bonds. The normalized spacial score (nSPS) is 10.4. The van der Waals surface area contributed by atoms with Crippen LogP contribution in [0.5, 0.6) is 17.2 Å². The molecule has 0 saturated carbocycles. The fraction of sp³-hybridized carbons (Fsp3) is 0.200. The first kappa shape index (κ1) is 21.1. The van der Waals surface area contributed by atoms with Crippen LogP contribution in [-0.2, 0) is 6.54 Å². The number of hydrogen-bond acceptors (Lipinski definition) is 7. The molecule has 0 fully saturated rings. The number of aromatic amines is 1. The number of primary amides is 1. The van der Waals surface area contributed by atoms with E-state index in [4.69, 9.17) is 31.5 Å². The van der Waals surface area contributed by atoms with E-state index in [-0.39, 0.29) is 5.56 Å². The van der Waals surface area contributed by atoms with Gasteiger partial charge in [0.1, 0.15) is 17.1 Å². The van der Waals surface area contributed by atoms with E-state index in [0.717, 1.165) is 5.56 Å². The average Bonchev–Trinajstić information content (AvgIpc) is 3.14. The molecule has 10 heteroatoms. The quantitative estimate of drug-likeness (QED) is 0.408. The van der Waals surface area contributed by atoms with Gasteiger partial charge in [-0.25, -0.2) is 0 Å². The first-order valence-electron chi connectivity index (χ1n) is 8.90. The molecule has 0 atom stereocenters. The summed E-state index contributed by atoms with van der Waals surface area (Å²) in [6.45, 7) is 0.297. The van der Waals surface area contributed by atoms with Crippen LogP contribution in [0.25, 0.3) is 0 Å². The van der Waals surface area contributed by atoms with E-state index < -0.39 is 5.91 Å². The minimum Gasteiger partial charge on any atom is -0.496 e. The maximum Gasteiger partial charge on any atom is 0.256 e. The number of nitrogens with one attached hydrogen (secondary N) is 3. The molecule has 0 saturated heterocycles. The molecule has 0 aliphatic rings. The number of anilines is 3. The summed E-state index contributed by atoms with van der Waals surface area (Å²) >= 11 is 6.01. The van der Waals surface area contributed by atoms with Crippen molar-refractivity contribution in [1.29, 1.82) is 0 Å². The van der Waals surface area contributed by atoms with Gasteiger partial charge in [0.25, 0.3) is 5.91 Å². The Morgan fingerprint density at radius 3 is 2.43 bits per heavy atom. The molecule has 5 N–H and O–H groups in total.